The van der Waals surface area contributed by atoms with Crippen LogP contribution in [0.3, 0.4) is 0 Å². The van der Waals surface area contributed by atoms with Crippen molar-refractivity contribution in [2.24, 2.45) is 11.1 Å². The molecule has 1 aliphatic rings. The highest BCUT2D eigenvalue weighted by Gasteiger charge is 2.70. The van der Waals surface area contributed by atoms with E-state index < -0.39 is 20.5 Å². The van der Waals surface area contributed by atoms with Crippen LogP contribution < -0.4 is 5.73 Å². The highest BCUT2D eigenvalue weighted by molar-refractivity contribution is 7.92. The van der Waals surface area contributed by atoms with Gasteiger partial charge < -0.3 is 10.5 Å². The van der Waals surface area contributed by atoms with Crippen LogP contribution in [0.15, 0.2) is 59.5 Å². The largest absolute Gasteiger partial charge is 0.381 e. The Bertz CT molecular complexity index is 824. The Hall–Kier alpha value is -1.40. The molecule has 0 aliphatic heterocycles. The van der Waals surface area contributed by atoms with E-state index in [-0.39, 0.29) is 17.4 Å². The number of nitrogens with two attached hydrogens (primary N) is 1. The minimum atomic E-state index is -3.55. The Morgan fingerprint density at radius 1 is 1.12 bits per heavy atom. The average molecular weight is 380 g/mol. The van der Waals surface area contributed by atoms with Crippen LogP contribution in [0.1, 0.15) is 18.4 Å². The molecule has 2 aromatic carbocycles. The Kier molecular flexibility index (Phi) is 5.21. The first-order chi connectivity index (χ1) is 12.0. The quantitative estimate of drug-likeness (QED) is 0.801. The number of halogens is 1. The van der Waals surface area contributed by atoms with Gasteiger partial charge in [-0.3, -0.25) is 0 Å². The number of hydrogen-bond donors (Lipinski definition) is 1. The van der Waals surface area contributed by atoms with Crippen molar-refractivity contribution >= 4 is 21.4 Å². The molecule has 1 fully saturated rings. The molecule has 0 bridgehead atoms. The highest BCUT2D eigenvalue weighted by atomic mass is 35.5. The van der Waals surface area contributed by atoms with Crippen LogP contribution in [0, 0.1) is 5.41 Å². The number of ether oxygens (including phenoxy) is 1. The molecule has 0 radical (unpaired) electrons. The topological polar surface area (TPSA) is 69.4 Å². The van der Waals surface area contributed by atoms with Gasteiger partial charge in [0.25, 0.3) is 0 Å². The number of rotatable bonds is 7. The summed E-state index contributed by atoms with van der Waals surface area (Å²) in [5.74, 6) is -0.175. The summed E-state index contributed by atoms with van der Waals surface area (Å²) in [4.78, 5) is 0.273. The van der Waals surface area contributed by atoms with Crippen molar-refractivity contribution in [2.75, 3.05) is 19.8 Å². The number of hydrogen-bond acceptors (Lipinski definition) is 4. The fourth-order valence-corrected chi connectivity index (χ4v) is 6.22. The summed E-state index contributed by atoms with van der Waals surface area (Å²) < 4.78 is 32.2. The van der Waals surface area contributed by atoms with Gasteiger partial charge in [-0.05, 0) is 36.8 Å². The molecule has 2 N–H and O–H groups in total. The second-order valence-electron chi connectivity index (χ2n) is 6.38. The molecule has 0 amide bonds. The molecule has 4 nitrogen and oxygen atoms in total. The Balaban J connectivity index is 2.03. The van der Waals surface area contributed by atoms with Gasteiger partial charge in [0.2, 0.25) is 0 Å². The lowest BCUT2D eigenvalue weighted by molar-refractivity contribution is 0.101. The fraction of sp³-hybridized carbons (Fsp3) is 0.368. The van der Waals surface area contributed by atoms with Crippen molar-refractivity contribution in [2.45, 2.75) is 23.0 Å². The van der Waals surface area contributed by atoms with Gasteiger partial charge in [-0.25, -0.2) is 8.42 Å². The van der Waals surface area contributed by atoms with Crippen molar-refractivity contribution < 1.29 is 13.2 Å². The molecule has 0 saturated heterocycles. The molecule has 134 valence electrons. The Morgan fingerprint density at radius 3 is 2.32 bits per heavy atom. The van der Waals surface area contributed by atoms with Crippen molar-refractivity contribution in [3.63, 3.8) is 0 Å². The van der Waals surface area contributed by atoms with Gasteiger partial charge >= 0.3 is 0 Å². The van der Waals surface area contributed by atoms with E-state index >= 15 is 0 Å². The van der Waals surface area contributed by atoms with Gasteiger partial charge in [0.05, 0.1) is 16.8 Å². The summed E-state index contributed by atoms with van der Waals surface area (Å²) in [6, 6.07) is 16.0. The lowest BCUT2D eigenvalue weighted by Crippen LogP contribution is -2.29. The van der Waals surface area contributed by atoms with Crippen LogP contribution in [-0.2, 0) is 14.6 Å². The summed E-state index contributed by atoms with van der Waals surface area (Å²) >= 11 is 5.90. The first-order valence-electron chi connectivity index (χ1n) is 8.29. The molecule has 6 heteroatoms. The first kappa shape index (κ1) is 18.4. The normalized spacial score (nSPS) is 25.7. The average Bonchev–Trinajstić information content (AvgIpc) is 3.31. The third kappa shape index (κ3) is 3.22. The number of sulfone groups is 1. The van der Waals surface area contributed by atoms with E-state index in [1.807, 2.05) is 37.3 Å². The maximum Gasteiger partial charge on any atom is 0.182 e. The van der Waals surface area contributed by atoms with Crippen LogP contribution in [0.25, 0.3) is 0 Å². The third-order valence-electron chi connectivity index (χ3n) is 4.97. The van der Waals surface area contributed by atoms with Crippen LogP contribution >= 0.6 is 11.6 Å². The summed E-state index contributed by atoms with van der Waals surface area (Å²) in [6.45, 7) is 3.00. The van der Waals surface area contributed by atoms with Gasteiger partial charge in [-0.2, -0.15) is 0 Å². The predicted molar refractivity (Wildman–Crippen MR) is 99.6 cm³/mol. The number of benzene rings is 2. The molecule has 25 heavy (non-hydrogen) atoms. The molecule has 1 saturated carbocycles. The van der Waals surface area contributed by atoms with Crippen LogP contribution in [0.2, 0.25) is 5.02 Å². The van der Waals surface area contributed by atoms with Crippen LogP contribution in [0.5, 0.6) is 0 Å². The van der Waals surface area contributed by atoms with Crippen molar-refractivity contribution in [1.29, 1.82) is 0 Å². The molecular weight excluding hydrogens is 358 g/mol. The van der Waals surface area contributed by atoms with E-state index in [0.29, 0.717) is 18.2 Å². The minimum absolute atomic E-state index is 0.175. The van der Waals surface area contributed by atoms with E-state index in [1.165, 1.54) is 0 Å². The zero-order valence-corrected chi connectivity index (χ0v) is 15.6. The van der Waals surface area contributed by atoms with Crippen LogP contribution in [0.4, 0.5) is 0 Å². The monoisotopic (exact) mass is 379 g/mol. The zero-order chi connectivity index (χ0) is 18.1. The molecule has 0 spiro atoms. The molecule has 1 aliphatic carbocycles. The van der Waals surface area contributed by atoms with E-state index in [9.17, 15) is 8.42 Å². The standard InChI is InChI=1S/C19H22ClNO3S/c1-2-24-13-19(12-21)17(14-6-4-3-5-7-14)18(19)25(22,23)16-10-8-15(20)9-11-16/h3-11,17-18H,2,12-13,21H2,1H3/t17-,18-,19-/m0/s1. The molecule has 0 heterocycles. The molecule has 3 atom stereocenters. The third-order valence-corrected chi connectivity index (χ3v) is 7.56. The maximum atomic E-state index is 13.3. The van der Waals surface area contributed by atoms with Crippen molar-refractivity contribution in [3.8, 4) is 0 Å². The second kappa shape index (κ2) is 7.08. The van der Waals surface area contributed by atoms with Crippen molar-refractivity contribution in [1.82, 2.24) is 0 Å². The van der Waals surface area contributed by atoms with Crippen LogP contribution in [-0.4, -0.2) is 33.4 Å². The first-order valence-corrected chi connectivity index (χ1v) is 10.2. The van der Waals surface area contributed by atoms with E-state index in [2.05, 4.69) is 0 Å². The van der Waals surface area contributed by atoms with Gasteiger partial charge in [-0.15, -0.1) is 0 Å². The van der Waals surface area contributed by atoms with E-state index in [0.717, 1.165) is 5.56 Å². The molecule has 0 unspecified atom stereocenters. The summed E-state index contributed by atoms with van der Waals surface area (Å²) in [5.41, 5.74) is 6.44. The molecule has 0 aromatic heterocycles. The molecule has 2 aromatic rings. The molecular formula is C19H22ClNO3S. The van der Waals surface area contributed by atoms with Gasteiger partial charge in [0.15, 0.2) is 9.84 Å². The summed E-state index contributed by atoms with van der Waals surface area (Å²) in [5, 5.41) is -0.0890. The predicted octanol–water partition coefficient (Wildman–Crippen LogP) is 3.26. The summed E-state index contributed by atoms with van der Waals surface area (Å²) in [6.07, 6.45) is 0. The van der Waals surface area contributed by atoms with E-state index in [4.69, 9.17) is 22.1 Å². The fourth-order valence-electron chi connectivity index (χ4n) is 3.65. The minimum Gasteiger partial charge on any atom is -0.381 e. The smallest absolute Gasteiger partial charge is 0.182 e. The Labute approximate surface area is 153 Å². The van der Waals surface area contributed by atoms with Crippen molar-refractivity contribution in [3.05, 3.63) is 65.2 Å². The lowest BCUT2D eigenvalue weighted by Gasteiger charge is -2.16. The zero-order valence-electron chi connectivity index (χ0n) is 14.1. The van der Waals surface area contributed by atoms with E-state index in [1.54, 1.807) is 24.3 Å². The molecule has 3 rings (SSSR count). The van der Waals surface area contributed by atoms with Gasteiger partial charge in [-0.1, -0.05) is 41.9 Å². The Morgan fingerprint density at radius 2 is 1.76 bits per heavy atom. The van der Waals surface area contributed by atoms with Gasteiger partial charge in [0.1, 0.15) is 0 Å². The second-order valence-corrected chi connectivity index (χ2v) is 8.89. The SMILES string of the molecule is CCOC[C@@]1(CN)[C@@H](c2ccccc2)[C@@H]1S(=O)(=O)c1ccc(Cl)cc1. The van der Waals surface area contributed by atoms with Gasteiger partial charge in [0, 0.05) is 29.5 Å². The summed E-state index contributed by atoms with van der Waals surface area (Å²) in [7, 11) is -3.55. The maximum absolute atomic E-state index is 13.3. The lowest BCUT2D eigenvalue weighted by atomic mass is 10.0. The highest BCUT2D eigenvalue weighted by Crippen LogP contribution is 2.63.